The minimum absolute atomic E-state index is 0.228. The van der Waals surface area contributed by atoms with Gasteiger partial charge in [-0.2, -0.15) is 9.40 Å². The van der Waals surface area contributed by atoms with E-state index in [0.717, 1.165) is 13.1 Å². The van der Waals surface area contributed by atoms with Crippen LogP contribution in [0.25, 0.3) is 5.65 Å². The molecular weight excluding hydrogens is 362 g/mol. The first-order valence-corrected chi connectivity index (χ1v) is 10.2. The minimum Gasteiger partial charge on any atom is -0.379 e. The van der Waals surface area contributed by atoms with Gasteiger partial charge in [-0.15, -0.1) is 0 Å². The van der Waals surface area contributed by atoms with Gasteiger partial charge in [0.25, 0.3) is 0 Å². The highest BCUT2D eigenvalue weighted by atomic mass is 32.2. The number of nitrogens with zero attached hydrogens (tertiary/aromatic N) is 5. The lowest BCUT2D eigenvalue weighted by atomic mass is 10.4. The molecule has 25 heavy (non-hydrogen) atoms. The van der Waals surface area contributed by atoms with Gasteiger partial charge < -0.3 is 4.74 Å². The molecule has 0 amide bonds. The molecule has 2 aromatic heterocycles. The van der Waals surface area contributed by atoms with Gasteiger partial charge in [-0.3, -0.25) is 9.30 Å². The lowest BCUT2D eigenvalue weighted by molar-refractivity contribution is 0.0210. The van der Waals surface area contributed by atoms with E-state index in [4.69, 9.17) is 17.0 Å². The fourth-order valence-electron chi connectivity index (χ4n) is 2.89. The van der Waals surface area contributed by atoms with Crippen LogP contribution >= 0.6 is 12.2 Å². The van der Waals surface area contributed by atoms with Crippen LogP contribution < -0.4 is 0 Å². The minimum atomic E-state index is -3.53. The van der Waals surface area contributed by atoms with E-state index in [1.165, 1.54) is 4.31 Å². The lowest BCUT2D eigenvalue weighted by Crippen LogP contribution is -2.37. The zero-order chi connectivity index (χ0) is 18.0. The normalized spacial score (nSPS) is 16.8. The van der Waals surface area contributed by atoms with E-state index in [-0.39, 0.29) is 4.90 Å². The van der Waals surface area contributed by atoms with Crippen molar-refractivity contribution >= 4 is 27.9 Å². The van der Waals surface area contributed by atoms with Crippen molar-refractivity contribution in [2.45, 2.75) is 25.4 Å². The maximum atomic E-state index is 12.7. The van der Waals surface area contributed by atoms with E-state index in [1.54, 1.807) is 27.4 Å². The van der Waals surface area contributed by atoms with Gasteiger partial charge in [0, 0.05) is 32.4 Å². The van der Waals surface area contributed by atoms with Crippen LogP contribution in [0.2, 0.25) is 0 Å². The van der Waals surface area contributed by atoms with Gasteiger partial charge in [0.1, 0.15) is 0 Å². The fourth-order valence-corrected chi connectivity index (χ4v) is 4.59. The predicted molar refractivity (Wildman–Crippen MR) is 96.5 cm³/mol. The molecule has 0 saturated carbocycles. The van der Waals surface area contributed by atoms with E-state index < -0.39 is 10.0 Å². The fraction of sp³-hybridized carbons (Fsp3) is 0.600. The van der Waals surface area contributed by atoms with Crippen LogP contribution in [0.3, 0.4) is 0 Å². The van der Waals surface area contributed by atoms with Crippen molar-refractivity contribution in [3.8, 4) is 0 Å². The highest BCUT2D eigenvalue weighted by Crippen LogP contribution is 2.17. The molecule has 3 heterocycles. The number of hydrogen-bond acceptors (Lipinski definition) is 6. The Balaban J connectivity index is 1.95. The summed E-state index contributed by atoms with van der Waals surface area (Å²) in [4.78, 5) is 2.44. The van der Waals surface area contributed by atoms with Crippen molar-refractivity contribution in [3.05, 3.63) is 23.1 Å². The van der Waals surface area contributed by atoms with Crippen molar-refractivity contribution in [2.24, 2.45) is 0 Å². The second-order valence-electron chi connectivity index (χ2n) is 5.84. The van der Waals surface area contributed by atoms with E-state index in [2.05, 4.69) is 10.00 Å². The average molecular weight is 386 g/mol. The highest BCUT2D eigenvalue weighted by molar-refractivity contribution is 7.89. The first-order chi connectivity index (χ1) is 12.0. The molecule has 0 unspecified atom stereocenters. The Kier molecular flexibility index (Phi) is 5.54. The van der Waals surface area contributed by atoms with Gasteiger partial charge in [-0.05, 0) is 24.4 Å². The van der Waals surface area contributed by atoms with Gasteiger partial charge >= 0.3 is 0 Å². The molecule has 2 aromatic rings. The molecule has 1 aliphatic rings. The molecule has 10 heteroatoms. The summed E-state index contributed by atoms with van der Waals surface area (Å²) >= 11 is 5.50. The molecule has 0 radical (unpaired) electrons. The van der Waals surface area contributed by atoms with E-state index in [0.29, 0.717) is 43.4 Å². The number of fused-ring (bicyclic) bond motifs is 1. The maximum absolute atomic E-state index is 12.7. The SMILES string of the molecule is CCN(CC)S(=O)(=O)c1ccc2nn(CN3CCOCC3)c(=S)n2c1. The lowest BCUT2D eigenvalue weighted by Gasteiger charge is -2.25. The Morgan fingerprint density at radius 2 is 1.92 bits per heavy atom. The molecule has 0 aliphatic carbocycles. The van der Waals surface area contributed by atoms with Crippen molar-refractivity contribution in [3.63, 3.8) is 0 Å². The summed E-state index contributed by atoms with van der Waals surface area (Å²) in [5.74, 6) is 0. The molecule has 0 N–H and O–H groups in total. The Labute approximate surface area is 152 Å². The molecule has 138 valence electrons. The molecule has 0 spiro atoms. The predicted octanol–water partition coefficient (Wildman–Crippen LogP) is 1.19. The molecule has 0 bridgehead atoms. The highest BCUT2D eigenvalue weighted by Gasteiger charge is 2.22. The van der Waals surface area contributed by atoms with Crippen LogP contribution in [0.1, 0.15) is 13.8 Å². The Hall–Kier alpha value is -1.33. The van der Waals surface area contributed by atoms with Crippen LogP contribution in [0.15, 0.2) is 23.2 Å². The first kappa shape index (κ1) is 18.5. The first-order valence-electron chi connectivity index (χ1n) is 8.37. The molecule has 8 nitrogen and oxygen atoms in total. The zero-order valence-electron chi connectivity index (χ0n) is 14.5. The van der Waals surface area contributed by atoms with E-state index in [9.17, 15) is 8.42 Å². The number of ether oxygens (including phenoxy) is 1. The standard InChI is InChI=1S/C15H23N5O3S2/c1-3-18(4-2)25(21,22)13-5-6-14-16-20(15(24)19(14)11-13)12-17-7-9-23-10-8-17/h5-6,11H,3-4,7-10,12H2,1-2H3. The topological polar surface area (TPSA) is 72.1 Å². The number of aromatic nitrogens is 3. The molecule has 1 saturated heterocycles. The van der Waals surface area contributed by atoms with Crippen LogP contribution in [0, 0.1) is 4.77 Å². The third-order valence-electron chi connectivity index (χ3n) is 4.33. The van der Waals surface area contributed by atoms with Crippen LogP contribution in [0.4, 0.5) is 0 Å². The van der Waals surface area contributed by atoms with Gasteiger partial charge in [0.2, 0.25) is 14.8 Å². The van der Waals surface area contributed by atoms with E-state index in [1.807, 2.05) is 13.8 Å². The Bertz CT molecular complexity index is 896. The van der Waals surface area contributed by atoms with Gasteiger partial charge in [-0.25, -0.2) is 13.1 Å². The molecule has 3 rings (SSSR count). The van der Waals surface area contributed by atoms with Crippen LogP contribution in [0.5, 0.6) is 0 Å². The molecule has 1 fully saturated rings. The number of hydrogen-bond donors (Lipinski definition) is 0. The van der Waals surface area contributed by atoms with Gasteiger partial charge in [-0.1, -0.05) is 13.8 Å². The number of sulfonamides is 1. The third-order valence-corrected chi connectivity index (χ3v) is 6.77. The summed E-state index contributed by atoms with van der Waals surface area (Å²) in [6, 6.07) is 3.28. The largest absolute Gasteiger partial charge is 0.379 e. The van der Waals surface area contributed by atoms with Gasteiger partial charge in [0.15, 0.2) is 5.65 Å². The second-order valence-corrected chi connectivity index (χ2v) is 8.14. The Morgan fingerprint density at radius 3 is 2.56 bits per heavy atom. The second kappa shape index (κ2) is 7.50. The summed E-state index contributed by atoms with van der Waals surface area (Å²) < 4.78 is 36.0. The summed E-state index contributed by atoms with van der Waals surface area (Å²) in [5, 5.41) is 4.50. The van der Waals surface area contributed by atoms with Crippen LogP contribution in [-0.4, -0.2) is 71.2 Å². The number of rotatable bonds is 6. The molecule has 1 aliphatic heterocycles. The quantitative estimate of drug-likeness (QED) is 0.696. The van der Waals surface area contributed by atoms with E-state index >= 15 is 0 Å². The summed E-state index contributed by atoms with van der Waals surface area (Å²) in [7, 11) is -3.53. The number of pyridine rings is 1. The zero-order valence-corrected chi connectivity index (χ0v) is 16.1. The average Bonchev–Trinajstić information content (AvgIpc) is 2.92. The van der Waals surface area contributed by atoms with Gasteiger partial charge in [0.05, 0.1) is 24.8 Å². The molecular formula is C15H23N5O3S2. The third kappa shape index (κ3) is 3.63. The summed E-state index contributed by atoms with van der Waals surface area (Å²) in [6.45, 7) is 8.14. The van der Waals surface area contributed by atoms with Crippen molar-refractivity contribution in [2.75, 3.05) is 39.4 Å². The van der Waals surface area contributed by atoms with Crippen molar-refractivity contribution in [1.82, 2.24) is 23.4 Å². The van der Waals surface area contributed by atoms with Crippen molar-refractivity contribution in [1.29, 1.82) is 0 Å². The smallest absolute Gasteiger partial charge is 0.244 e. The monoisotopic (exact) mass is 385 g/mol. The summed E-state index contributed by atoms with van der Waals surface area (Å²) in [6.07, 6.45) is 1.56. The molecule has 0 atom stereocenters. The Morgan fingerprint density at radius 1 is 1.24 bits per heavy atom. The number of morpholine rings is 1. The maximum Gasteiger partial charge on any atom is 0.244 e. The van der Waals surface area contributed by atoms with Crippen molar-refractivity contribution < 1.29 is 13.2 Å². The van der Waals surface area contributed by atoms with Crippen LogP contribution in [-0.2, 0) is 21.4 Å². The summed E-state index contributed by atoms with van der Waals surface area (Å²) in [5.41, 5.74) is 0.636. The molecule has 0 aromatic carbocycles.